The summed E-state index contributed by atoms with van der Waals surface area (Å²) in [4.78, 5) is 11.1. The number of hydrogen-bond acceptors (Lipinski definition) is 4. The van der Waals surface area contributed by atoms with Gasteiger partial charge < -0.3 is 20.4 Å². The molecule has 4 rings (SSSR count). The molecule has 4 fully saturated rings. The van der Waals surface area contributed by atoms with E-state index in [1.807, 2.05) is 6.92 Å². The Balaban J connectivity index is 1.68. The van der Waals surface area contributed by atoms with Crippen molar-refractivity contribution < 1.29 is 30.7 Å². The zero-order valence-electron chi connectivity index (χ0n) is 21.8. The molecule has 4 aliphatic carbocycles. The highest BCUT2D eigenvalue weighted by molar-refractivity contribution is 5.66. The quantitative estimate of drug-likeness (QED) is 0.567. The minimum absolute atomic E-state index is 0.0435. The smallest absolute Gasteiger partial charge is 0.303 e. The molecule has 0 aromatic carbocycles. The fourth-order valence-corrected chi connectivity index (χ4v) is 8.09. The Kier molecular flexibility index (Phi) is 4.38. The van der Waals surface area contributed by atoms with Gasteiger partial charge in [0.15, 0.2) is 0 Å². The van der Waals surface area contributed by atoms with E-state index >= 15 is 0 Å². The molecule has 5 nitrogen and oxygen atoms in total. The lowest BCUT2D eigenvalue weighted by Gasteiger charge is -2.63. The summed E-state index contributed by atoms with van der Waals surface area (Å²) in [5.41, 5.74) is -0.987. The van der Waals surface area contributed by atoms with Gasteiger partial charge in [-0.1, -0.05) is 20.8 Å². The second kappa shape index (κ2) is 7.49. The molecule has 0 amide bonds. The highest BCUT2D eigenvalue weighted by Crippen LogP contribution is 2.68. The number of carboxylic acids is 1. The van der Waals surface area contributed by atoms with Gasteiger partial charge in [0.05, 0.1) is 18.3 Å². The van der Waals surface area contributed by atoms with Gasteiger partial charge in [-0.25, -0.2) is 0 Å². The minimum Gasteiger partial charge on any atom is -0.481 e. The lowest BCUT2D eigenvalue weighted by atomic mass is 9.43. The molecule has 0 heterocycles. The van der Waals surface area contributed by atoms with Gasteiger partial charge in [0.25, 0.3) is 0 Å². The van der Waals surface area contributed by atoms with Gasteiger partial charge in [-0.15, -0.1) is 0 Å². The first kappa shape index (κ1) is 17.0. The lowest BCUT2D eigenvalue weighted by molar-refractivity contribution is -0.223. The van der Waals surface area contributed by atoms with E-state index in [1.54, 1.807) is 0 Å². The van der Waals surface area contributed by atoms with Crippen LogP contribution in [-0.4, -0.2) is 44.7 Å². The number of hydrogen-bond donors (Lipinski definition) is 4. The van der Waals surface area contributed by atoms with Crippen LogP contribution < -0.4 is 0 Å². The molecule has 0 unspecified atom stereocenters. The van der Waals surface area contributed by atoms with Crippen molar-refractivity contribution in [1.29, 1.82) is 0 Å². The van der Waals surface area contributed by atoms with Crippen LogP contribution in [-0.2, 0) is 4.79 Å². The maximum absolute atomic E-state index is 11.4. The molecule has 5 heteroatoms. The van der Waals surface area contributed by atoms with E-state index in [9.17, 15) is 20.1 Å². The first-order chi connectivity index (χ1) is 15.1. The summed E-state index contributed by atoms with van der Waals surface area (Å²) in [5.74, 6) is -1.59. The van der Waals surface area contributed by atoms with Crippen molar-refractivity contribution in [2.75, 3.05) is 0 Å². The normalized spacial score (nSPS) is 58.4. The van der Waals surface area contributed by atoms with Crippen LogP contribution in [0, 0.1) is 46.3 Å². The van der Waals surface area contributed by atoms with Crippen LogP contribution >= 0.6 is 0 Å². The molecule has 29 heavy (non-hydrogen) atoms. The fraction of sp³-hybridized carbons (Fsp3) is 0.958. The van der Waals surface area contributed by atoms with E-state index in [1.165, 1.54) is 0 Å². The van der Waals surface area contributed by atoms with Gasteiger partial charge in [-0.05, 0) is 97.6 Å². The first-order valence-corrected chi connectivity index (χ1v) is 11.3. The summed E-state index contributed by atoms with van der Waals surface area (Å²) in [7, 11) is 0. The van der Waals surface area contributed by atoms with Crippen LogP contribution in [0.1, 0.15) is 83.9 Å². The number of rotatable bonds is 4. The van der Waals surface area contributed by atoms with Crippen molar-refractivity contribution in [2.45, 2.75) is 96.8 Å². The zero-order valence-corrected chi connectivity index (χ0v) is 17.8. The van der Waals surface area contributed by atoms with Gasteiger partial charge in [0.2, 0.25) is 0 Å². The molecule has 0 aromatic rings. The van der Waals surface area contributed by atoms with Gasteiger partial charge >= 0.3 is 5.97 Å². The SMILES string of the molecule is [2H]C1([2H])C[C@@]2(C)[C@H]([C@H](O)[C@H](O)[C@@H]3[C@@H]2CC[C@]2(C)[C@@H]([C@H](C)CCC(=O)O)CC[C@@H]32)C([2H])([2H])[C@@H]1O. The van der Waals surface area contributed by atoms with Gasteiger partial charge in [0, 0.05) is 11.9 Å². The van der Waals surface area contributed by atoms with Crippen molar-refractivity contribution in [1.82, 2.24) is 0 Å². The van der Waals surface area contributed by atoms with Crippen LogP contribution in [0.2, 0.25) is 0 Å². The maximum atomic E-state index is 11.4. The molecule has 4 N–H and O–H groups in total. The number of aliphatic hydroxyl groups is 3. The van der Waals surface area contributed by atoms with Gasteiger partial charge in [-0.3, -0.25) is 4.79 Å². The summed E-state index contributed by atoms with van der Waals surface area (Å²) in [6.07, 6.45) is -4.75. The van der Waals surface area contributed by atoms with Crippen molar-refractivity contribution in [2.24, 2.45) is 46.3 Å². The molecular formula is C24H40O5. The molecule has 11 atom stereocenters. The Labute approximate surface area is 180 Å². The Morgan fingerprint density at radius 3 is 2.41 bits per heavy atom. The molecule has 0 spiro atoms. The number of aliphatic carboxylic acids is 1. The van der Waals surface area contributed by atoms with Gasteiger partial charge in [-0.2, -0.15) is 0 Å². The number of carbonyl (C=O) groups is 1. The van der Waals surface area contributed by atoms with E-state index in [4.69, 9.17) is 10.6 Å². The average Bonchev–Trinajstić information content (AvgIpc) is 3.05. The molecular weight excluding hydrogens is 368 g/mol. The third-order valence-electron chi connectivity index (χ3n) is 9.56. The van der Waals surface area contributed by atoms with Crippen molar-refractivity contribution >= 4 is 5.97 Å². The summed E-state index contributed by atoms with van der Waals surface area (Å²) in [6, 6.07) is 0. The van der Waals surface area contributed by atoms with E-state index in [-0.39, 0.29) is 41.9 Å². The van der Waals surface area contributed by atoms with Crippen LogP contribution in [0.4, 0.5) is 0 Å². The van der Waals surface area contributed by atoms with E-state index in [0.717, 1.165) is 19.3 Å². The Morgan fingerprint density at radius 1 is 1.03 bits per heavy atom. The predicted molar refractivity (Wildman–Crippen MR) is 110 cm³/mol. The predicted octanol–water partition coefficient (Wildman–Crippen LogP) is 3.45. The van der Waals surface area contributed by atoms with Gasteiger partial charge in [0.1, 0.15) is 0 Å². The largest absolute Gasteiger partial charge is 0.481 e. The topological polar surface area (TPSA) is 98.0 Å². The molecule has 4 saturated carbocycles. The molecule has 0 saturated heterocycles. The summed E-state index contributed by atoms with van der Waals surface area (Å²) >= 11 is 0. The molecule has 0 radical (unpaired) electrons. The molecule has 0 aromatic heterocycles. The third-order valence-corrected chi connectivity index (χ3v) is 9.56. The van der Waals surface area contributed by atoms with E-state index in [0.29, 0.717) is 18.8 Å². The molecule has 4 aliphatic rings. The van der Waals surface area contributed by atoms with Crippen molar-refractivity contribution in [3.63, 3.8) is 0 Å². The second-order valence-electron chi connectivity index (χ2n) is 10.8. The highest BCUT2D eigenvalue weighted by Gasteiger charge is 2.65. The summed E-state index contributed by atoms with van der Waals surface area (Å²) in [6.45, 7) is 6.21. The third kappa shape index (κ3) is 3.27. The van der Waals surface area contributed by atoms with Crippen LogP contribution in [0.25, 0.3) is 0 Å². The van der Waals surface area contributed by atoms with Crippen LogP contribution in [0.15, 0.2) is 0 Å². The summed E-state index contributed by atoms with van der Waals surface area (Å²) in [5, 5.41) is 42.2. The van der Waals surface area contributed by atoms with Crippen LogP contribution in [0.5, 0.6) is 0 Å². The maximum Gasteiger partial charge on any atom is 0.303 e. The first-order valence-electron chi connectivity index (χ1n) is 13.3. The Hall–Kier alpha value is -0.650. The number of fused-ring (bicyclic) bond motifs is 5. The zero-order chi connectivity index (χ0) is 24.7. The minimum atomic E-state index is -2.35. The molecule has 0 bridgehead atoms. The lowest BCUT2D eigenvalue weighted by Crippen LogP contribution is -2.64. The average molecular weight is 413 g/mol. The number of carboxylic acid groups (broad SMARTS) is 1. The van der Waals surface area contributed by atoms with Crippen molar-refractivity contribution in [3.8, 4) is 0 Å². The van der Waals surface area contributed by atoms with Crippen LogP contribution in [0.3, 0.4) is 0 Å². The summed E-state index contributed by atoms with van der Waals surface area (Å²) < 4.78 is 33.9. The van der Waals surface area contributed by atoms with E-state index in [2.05, 4.69) is 13.8 Å². The second-order valence-corrected chi connectivity index (χ2v) is 10.8. The highest BCUT2D eigenvalue weighted by atomic mass is 16.4. The fourth-order valence-electron chi connectivity index (χ4n) is 8.09. The number of aliphatic hydroxyl groups excluding tert-OH is 3. The van der Waals surface area contributed by atoms with Crippen molar-refractivity contribution in [3.05, 3.63) is 0 Å². The molecule has 0 aliphatic heterocycles. The Bertz CT molecular complexity index is 793. The molecule has 166 valence electrons. The standard InChI is InChI=1S/C24H40O5/c1-13(4-7-19(26)27)15-5-6-16-20-17(9-11-23(15,16)2)24(3)10-8-14(25)12-18(24)21(28)22(20)29/h13-18,20-22,25,28-29H,4-12H2,1-3H3,(H,26,27)/t13-,14-,15-,16+,17+,18+,20+,21+,22-,23-,24-/m1/s1/i8D2,12D2. The monoisotopic (exact) mass is 412 g/mol. The van der Waals surface area contributed by atoms with E-state index < -0.39 is 48.4 Å². The Morgan fingerprint density at radius 2 is 1.72 bits per heavy atom.